The minimum Gasteiger partial charge on any atom is -0.367 e. The van der Waals surface area contributed by atoms with Gasteiger partial charge in [0.15, 0.2) is 28.5 Å². The quantitative estimate of drug-likeness (QED) is 0.427. The molecule has 4 aromatic heterocycles. The van der Waals surface area contributed by atoms with Crippen LogP contribution in [0.25, 0.3) is 11.3 Å². The van der Waals surface area contributed by atoms with Crippen LogP contribution < -0.4 is 11.1 Å². The van der Waals surface area contributed by atoms with E-state index < -0.39 is 41.0 Å². The summed E-state index contributed by atoms with van der Waals surface area (Å²) in [5.41, 5.74) is 3.10. The lowest BCUT2D eigenvalue weighted by Gasteiger charge is -2.37. The number of hydrogen-bond donors (Lipinski definition) is 2. The Kier molecular flexibility index (Phi) is 4.97. The highest BCUT2D eigenvalue weighted by Crippen LogP contribution is 2.37. The lowest BCUT2D eigenvalue weighted by Crippen LogP contribution is -2.46. The Morgan fingerprint density at radius 2 is 1.76 bits per heavy atom. The summed E-state index contributed by atoms with van der Waals surface area (Å²) >= 11 is 0. The van der Waals surface area contributed by atoms with Crippen LogP contribution in [0, 0.1) is 0 Å². The van der Waals surface area contributed by atoms with Crippen LogP contribution in [0.15, 0.2) is 36.5 Å². The van der Waals surface area contributed by atoms with Crippen LogP contribution in [0.5, 0.6) is 0 Å². The molecule has 0 saturated heterocycles. The third-order valence-electron chi connectivity index (χ3n) is 5.91. The van der Waals surface area contributed by atoms with E-state index in [1.807, 2.05) is 0 Å². The first-order valence-corrected chi connectivity index (χ1v) is 10.3. The van der Waals surface area contributed by atoms with Crippen molar-refractivity contribution in [1.82, 2.24) is 29.2 Å². The maximum atomic E-state index is 13.4. The average molecular weight is 484 g/mol. The van der Waals surface area contributed by atoms with Gasteiger partial charge < -0.3 is 11.1 Å². The molecule has 0 spiro atoms. The highest BCUT2D eigenvalue weighted by atomic mass is 19.4. The van der Waals surface area contributed by atoms with Gasteiger partial charge in [-0.05, 0) is 37.8 Å². The molecule has 1 saturated carbocycles. The molecular weight excluding hydrogens is 466 g/mol. The van der Waals surface area contributed by atoms with E-state index in [2.05, 4.69) is 25.6 Å². The molecule has 8 nitrogen and oxygen atoms in total. The van der Waals surface area contributed by atoms with Crippen molar-refractivity contribution in [3.05, 3.63) is 53.7 Å². The zero-order valence-electron chi connectivity index (χ0n) is 17.4. The summed E-state index contributed by atoms with van der Waals surface area (Å²) < 4.78 is 82.1. The van der Waals surface area contributed by atoms with Gasteiger partial charge in [0, 0.05) is 24.4 Å². The summed E-state index contributed by atoms with van der Waals surface area (Å²) in [5, 5.41) is 14.7. The number of anilines is 1. The van der Waals surface area contributed by atoms with Crippen LogP contribution >= 0.6 is 0 Å². The molecule has 0 aromatic carbocycles. The van der Waals surface area contributed by atoms with E-state index in [1.54, 1.807) is 28.8 Å². The van der Waals surface area contributed by atoms with Crippen molar-refractivity contribution in [2.24, 2.45) is 5.73 Å². The summed E-state index contributed by atoms with van der Waals surface area (Å²) in [6.07, 6.45) is -5.96. The number of nitrogens with zero attached hydrogens (tertiary/aromatic N) is 6. The van der Waals surface area contributed by atoms with Crippen molar-refractivity contribution in [3.8, 4) is 0 Å². The summed E-state index contributed by atoms with van der Waals surface area (Å²) in [5.74, 6) is 0.247. The van der Waals surface area contributed by atoms with Crippen molar-refractivity contribution in [2.75, 3.05) is 5.32 Å². The normalized spacial score (nSPS) is 21.9. The Hall–Kier alpha value is -3.42. The Morgan fingerprint density at radius 3 is 2.50 bits per heavy atom. The Morgan fingerprint density at radius 1 is 1.00 bits per heavy atom. The molecule has 14 heteroatoms. The number of nitrogens with two attached hydrogens (primary N) is 1. The van der Waals surface area contributed by atoms with Crippen molar-refractivity contribution in [1.29, 1.82) is 0 Å². The zero-order valence-corrected chi connectivity index (χ0v) is 17.4. The average Bonchev–Trinajstić information content (AvgIpc) is 3.38. The molecule has 0 radical (unpaired) electrons. The van der Waals surface area contributed by atoms with Gasteiger partial charge in [0.2, 0.25) is 0 Å². The van der Waals surface area contributed by atoms with Crippen molar-refractivity contribution >= 4 is 17.1 Å². The smallest absolute Gasteiger partial charge is 0.367 e. The molecule has 0 amide bonds. The second-order valence-electron chi connectivity index (χ2n) is 8.37. The van der Waals surface area contributed by atoms with Crippen LogP contribution in [0.2, 0.25) is 0 Å². The molecule has 2 atom stereocenters. The Labute approximate surface area is 187 Å². The van der Waals surface area contributed by atoms with Gasteiger partial charge in [0.25, 0.3) is 0 Å². The van der Waals surface area contributed by atoms with Crippen LogP contribution in [0.3, 0.4) is 0 Å². The number of rotatable bonds is 3. The molecule has 34 heavy (non-hydrogen) atoms. The molecule has 0 bridgehead atoms. The number of hydrogen-bond acceptors (Lipinski definition) is 6. The zero-order chi connectivity index (χ0) is 24.3. The molecule has 4 heterocycles. The van der Waals surface area contributed by atoms with Crippen LogP contribution in [-0.4, -0.2) is 35.2 Å². The number of alkyl halides is 6. The number of pyridine rings is 1. The second-order valence-corrected chi connectivity index (χ2v) is 8.37. The van der Waals surface area contributed by atoms with Crippen molar-refractivity contribution < 1.29 is 26.3 Å². The molecular formula is C20H18F6N8. The van der Waals surface area contributed by atoms with E-state index in [0.29, 0.717) is 42.9 Å². The van der Waals surface area contributed by atoms with Crippen LogP contribution in [0.1, 0.15) is 42.9 Å². The van der Waals surface area contributed by atoms with E-state index >= 15 is 0 Å². The fourth-order valence-corrected chi connectivity index (χ4v) is 4.39. The summed E-state index contributed by atoms with van der Waals surface area (Å²) in [7, 11) is 0. The van der Waals surface area contributed by atoms with E-state index in [-0.39, 0.29) is 12.2 Å². The van der Waals surface area contributed by atoms with Gasteiger partial charge in [-0.2, -0.15) is 36.0 Å². The van der Waals surface area contributed by atoms with Gasteiger partial charge in [-0.15, -0.1) is 10.2 Å². The lowest BCUT2D eigenvalue weighted by atomic mass is 9.79. The van der Waals surface area contributed by atoms with Gasteiger partial charge in [0.1, 0.15) is 5.82 Å². The van der Waals surface area contributed by atoms with Crippen LogP contribution in [-0.2, 0) is 17.9 Å². The molecule has 1 fully saturated rings. The number of halogens is 6. The maximum absolute atomic E-state index is 13.4. The molecule has 1 aliphatic carbocycles. The Balaban J connectivity index is 1.51. The molecule has 5 rings (SSSR count). The number of nitrogens with one attached hydrogen (secondary N) is 1. The van der Waals surface area contributed by atoms with Crippen molar-refractivity contribution in [3.63, 3.8) is 0 Å². The van der Waals surface area contributed by atoms with E-state index in [4.69, 9.17) is 5.73 Å². The highest BCUT2D eigenvalue weighted by molar-refractivity contribution is 5.52. The van der Waals surface area contributed by atoms with Gasteiger partial charge in [-0.25, -0.2) is 4.98 Å². The molecule has 180 valence electrons. The van der Waals surface area contributed by atoms with Gasteiger partial charge in [0.05, 0.1) is 5.54 Å². The first kappa shape index (κ1) is 22.4. The lowest BCUT2D eigenvalue weighted by molar-refractivity contribution is -0.142. The predicted molar refractivity (Wildman–Crippen MR) is 108 cm³/mol. The van der Waals surface area contributed by atoms with Crippen LogP contribution in [0.4, 0.5) is 32.2 Å². The summed E-state index contributed by atoms with van der Waals surface area (Å²) in [4.78, 5) is 3.33. The standard InChI is InChI=1S/C20H18F6N8/c21-19(22,23)12-8-15(34-16(29-12)9-13(32-34)20(24,25)26)28-11-4-3-6-18(27,10-11)17-31-30-14-5-1-2-7-33(14)17/h1-2,5,7-9,11,28H,3-4,6,10,27H2. The summed E-state index contributed by atoms with van der Waals surface area (Å²) in [6, 6.07) is 6.04. The molecule has 1 aliphatic rings. The monoisotopic (exact) mass is 484 g/mol. The minimum absolute atomic E-state index is 0.256. The second kappa shape index (κ2) is 7.55. The van der Waals surface area contributed by atoms with Crippen molar-refractivity contribution in [2.45, 2.75) is 49.6 Å². The van der Waals surface area contributed by atoms with E-state index in [0.717, 1.165) is 4.52 Å². The minimum atomic E-state index is -4.86. The fourth-order valence-electron chi connectivity index (χ4n) is 4.39. The largest absolute Gasteiger partial charge is 0.435 e. The number of fused-ring (bicyclic) bond motifs is 2. The predicted octanol–water partition coefficient (Wildman–Crippen LogP) is 4.02. The third-order valence-corrected chi connectivity index (χ3v) is 5.91. The molecule has 4 aromatic rings. The third kappa shape index (κ3) is 3.91. The van der Waals surface area contributed by atoms with Gasteiger partial charge in [-0.3, -0.25) is 4.40 Å². The molecule has 0 aliphatic heterocycles. The highest BCUT2D eigenvalue weighted by Gasteiger charge is 2.40. The van der Waals surface area contributed by atoms with E-state index in [9.17, 15) is 26.3 Å². The van der Waals surface area contributed by atoms with E-state index in [1.165, 1.54) is 0 Å². The first-order valence-electron chi connectivity index (χ1n) is 10.3. The SMILES string of the molecule is NC1(c2nnc3ccccn23)CCCC(Nc2cc(C(F)(F)F)nc3cc(C(F)(F)F)nn23)C1. The first-order chi connectivity index (χ1) is 15.9. The Bertz CT molecular complexity index is 1360. The number of aromatic nitrogens is 6. The molecule has 3 N–H and O–H groups in total. The molecule has 2 unspecified atom stereocenters. The van der Waals surface area contributed by atoms with Gasteiger partial charge in [-0.1, -0.05) is 6.07 Å². The topological polar surface area (TPSA) is 98.4 Å². The fraction of sp³-hybridized carbons (Fsp3) is 0.400. The van der Waals surface area contributed by atoms with Gasteiger partial charge >= 0.3 is 12.4 Å². The summed E-state index contributed by atoms with van der Waals surface area (Å²) in [6.45, 7) is 0. The maximum Gasteiger partial charge on any atom is 0.435 e.